The molecule has 0 fully saturated rings. The number of hydrogen-bond donors (Lipinski definition) is 1. The number of rotatable bonds is 6. The molecule has 0 spiro atoms. The lowest BCUT2D eigenvalue weighted by Gasteiger charge is -2.06. The lowest BCUT2D eigenvalue weighted by molar-refractivity contribution is 0.515. The van der Waals surface area contributed by atoms with Gasteiger partial charge in [-0.15, -0.1) is 13.2 Å². The van der Waals surface area contributed by atoms with Crippen molar-refractivity contribution >= 4 is 0 Å². The molecule has 17 heavy (non-hydrogen) atoms. The molecule has 0 aromatic carbocycles. The second kappa shape index (κ2) is 5.83. The quantitative estimate of drug-likeness (QED) is 0.699. The summed E-state index contributed by atoms with van der Waals surface area (Å²) in [5, 5.41) is 0. The number of aromatic nitrogens is 3. The van der Waals surface area contributed by atoms with Crippen LogP contribution in [0.4, 0.5) is 0 Å². The lowest BCUT2D eigenvalue weighted by Crippen LogP contribution is -2.49. The topological polar surface area (TPSA) is 76.9 Å². The van der Waals surface area contributed by atoms with Crippen molar-refractivity contribution in [1.29, 1.82) is 0 Å². The Hall–Kier alpha value is -2.11. The van der Waals surface area contributed by atoms with Gasteiger partial charge in [-0.25, -0.2) is 23.5 Å². The molecule has 1 aromatic rings. The van der Waals surface area contributed by atoms with Gasteiger partial charge in [0.05, 0.1) is 0 Å². The predicted octanol–water partition coefficient (Wildman–Crippen LogP) is -0.150. The summed E-state index contributed by atoms with van der Waals surface area (Å²) in [4.78, 5) is 36.8. The van der Waals surface area contributed by atoms with Gasteiger partial charge in [-0.1, -0.05) is 12.2 Å². The number of nitrogens with zero attached hydrogens (tertiary/aromatic N) is 2. The zero-order chi connectivity index (χ0) is 12.8. The van der Waals surface area contributed by atoms with Crippen molar-refractivity contribution < 1.29 is 0 Å². The highest BCUT2D eigenvalue weighted by Crippen LogP contribution is 1.84. The van der Waals surface area contributed by atoms with Gasteiger partial charge in [-0.2, -0.15) is 0 Å². The maximum absolute atomic E-state index is 11.9. The summed E-state index contributed by atoms with van der Waals surface area (Å²) in [5.74, 6) is 0. The molecular weight excluding hydrogens is 222 g/mol. The average Bonchev–Trinajstić information content (AvgIpc) is 2.28. The predicted molar refractivity (Wildman–Crippen MR) is 65.2 cm³/mol. The van der Waals surface area contributed by atoms with Crippen molar-refractivity contribution in [1.82, 2.24) is 14.1 Å². The molecule has 0 amide bonds. The van der Waals surface area contributed by atoms with Gasteiger partial charge < -0.3 is 0 Å². The van der Waals surface area contributed by atoms with E-state index in [1.54, 1.807) is 12.2 Å². The minimum Gasteiger partial charge on any atom is -0.259 e. The van der Waals surface area contributed by atoms with Gasteiger partial charge in [0, 0.05) is 13.1 Å². The van der Waals surface area contributed by atoms with E-state index in [1.807, 2.05) is 0 Å². The third-order valence-electron chi connectivity index (χ3n) is 2.28. The van der Waals surface area contributed by atoms with E-state index >= 15 is 0 Å². The van der Waals surface area contributed by atoms with Crippen molar-refractivity contribution in [3.63, 3.8) is 0 Å². The third kappa shape index (κ3) is 2.93. The SMILES string of the molecule is C=CCCn1c(=O)[nH]c(=O)n(CCC=C)c1=O. The monoisotopic (exact) mass is 237 g/mol. The number of aromatic amines is 1. The van der Waals surface area contributed by atoms with Crippen LogP contribution in [0, 0.1) is 0 Å². The molecule has 92 valence electrons. The van der Waals surface area contributed by atoms with E-state index in [-0.39, 0.29) is 13.1 Å². The summed E-state index contributed by atoms with van der Waals surface area (Å²) < 4.78 is 1.98. The van der Waals surface area contributed by atoms with E-state index in [4.69, 9.17) is 0 Å². The molecule has 0 saturated carbocycles. The maximum atomic E-state index is 11.9. The van der Waals surface area contributed by atoms with Crippen molar-refractivity contribution in [2.75, 3.05) is 0 Å². The molecule has 1 N–H and O–H groups in total. The van der Waals surface area contributed by atoms with E-state index in [0.717, 1.165) is 9.13 Å². The number of H-pyrrole nitrogens is 1. The van der Waals surface area contributed by atoms with Gasteiger partial charge in [0.1, 0.15) is 0 Å². The zero-order valence-corrected chi connectivity index (χ0v) is 9.52. The van der Waals surface area contributed by atoms with Gasteiger partial charge in [-0.05, 0) is 12.8 Å². The maximum Gasteiger partial charge on any atom is 0.336 e. The lowest BCUT2D eigenvalue weighted by atomic mass is 10.4. The Morgan fingerprint density at radius 1 is 0.941 bits per heavy atom. The zero-order valence-electron chi connectivity index (χ0n) is 9.52. The third-order valence-corrected chi connectivity index (χ3v) is 2.28. The molecule has 0 unspecified atom stereocenters. The minimum absolute atomic E-state index is 0.214. The van der Waals surface area contributed by atoms with Crippen molar-refractivity contribution in [3.8, 4) is 0 Å². The molecule has 0 aliphatic rings. The summed E-state index contributed by atoms with van der Waals surface area (Å²) in [5.41, 5.74) is -1.96. The Morgan fingerprint density at radius 2 is 1.35 bits per heavy atom. The fourth-order valence-corrected chi connectivity index (χ4v) is 1.38. The van der Waals surface area contributed by atoms with Crippen molar-refractivity contribution in [3.05, 3.63) is 56.8 Å². The van der Waals surface area contributed by atoms with Gasteiger partial charge >= 0.3 is 17.1 Å². The molecule has 6 nitrogen and oxygen atoms in total. The van der Waals surface area contributed by atoms with Crippen LogP contribution in [0.3, 0.4) is 0 Å². The fourth-order valence-electron chi connectivity index (χ4n) is 1.38. The first-order valence-electron chi connectivity index (χ1n) is 5.27. The normalized spacial score (nSPS) is 10.1. The van der Waals surface area contributed by atoms with Gasteiger partial charge in [0.25, 0.3) is 0 Å². The molecule has 0 saturated heterocycles. The molecular formula is C11H15N3O3. The van der Waals surface area contributed by atoms with E-state index in [0.29, 0.717) is 12.8 Å². The number of allylic oxidation sites excluding steroid dienone is 2. The highest BCUT2D eigenvalue weighted by Gasteiger charge is 2.07. The van der Waals surface area contributed by atoms with E-state index < -0.39 is 17.1 Å². The summed E-state index contributed by atoms with van der Waals surface area (Å²) in [6.07, 6.45) is 4.18. The molecule has 1 aromatic heterocycles. The Bertz CT molecular complexity index is 530. The summed E-state index contributed by atoms with van der Waals surface area (Å²) in [6.45, 7) is 7.46. The largest absolute Gasteiger partial charge is 0.336 e. The Kier molecular flexibility index (Phi) is 4.45. The molecule has 1 heterocycles. The second-order valence-electron chi connectivity index (χ2n) is 3.48. The highest BCUT2D eigenvalue weighted by molar-refractivity contribution is 4.78. The van der Waals surface area contributed by atoms with Crippen LogP contribution >= 0.6 is 0 Å². The smallest absolute Gasteiger partial charge is 0.259 e. The van der Waals surface area contributed by atoms with E-state index in [2.05, 4.69) is 18.1 Å². The van der Waals surface area contributed by atoms with Crippen molar-refractivity contribution in [2.45, 2.75) is 25.9 Å². The first kappa shape index (κ1) is 13.0. The van der Waals surface area contributed by atoms with Crippen LogP contribution in [0.1, 0.15) is 12.8 Å². The number of hydrogen-bond acceptors (Lipinski definition) is 3. The Labute approximate surface area is 97.5 Å². The summed E-state index contributed by atoms with van der Waals surface area (Å²) in [7, 11) is 0. The van der Waals surface area contributed by atoms with Crippen LogP contribution in [-0.4, -0.2) is 14.1 Å². The fraction of sp³-hybridized carbons (Fsp3) is 0.364. The van der Waals surface area contributed by atoms with Crippen molar-refractivity contribution in [2.24, 2.45) is 0 Å². The highest BCUT2D eigenvalue weighted by atomic mass is 16.2. The van der Waals surface area contributed by atoms with Crippen LogP contribution in [0.15, 0.2) is 39.7 Å². The van der Waals surface area contributed by atoms with Gasteiger partial charge in [0.15, 0.2) is 0 Å². The number of nitrogens with one attached hydrogen (secondary N) is 1. The molecule has 0 aliphatic heterocycles. The van der Waals surface area contributed by atoms with Crippen LogP contribution in [0.5, 0.6) is 0 Å². The van der Waals surface area contributed by atoms with Gasteiger partial charge in [0.2, 0.25) is 0 Å². The summed E-state index contributed by atoms with van der Waals surface area (Å²) >= 11 is 0. The molecule has 0 aliphatic carbocycles. The van der Waals surface area contributed by atoms with E-state index in [1.165, 1.54) is 0 Å². The molecule has 0 atom stereocenters. The molecule has 0 bridgehead atoms. The standard InChI is InChI=1S/C11H15N3O3/c1-3-5-7-13-9(15)12-10(16)14(11(13)17)8-6-4-2/h3-4H,1-2,5-8H2,(H,12,15,16). The van der Waals surface area contributed by atoms with Crippen LogP contribution in [-0.2, 0) is 13.1 Å². The van der Waals surface area contributed by atoms with E-state index in [9.17, 15) is 14.4 Å². The Morgan fingerprint density at radius 3 is 1.71 bits per heavy atom. The Balaban J connectivity index is 3.27. The summed E-state index contributed by atoms with van der Waals surface area (Å²) in [6, 6.07) is 0. The second-order valence-corrected chi connectivity index (χ2v) is 3.48. The minimum atomic E-state index is -0.684. The van der Waals surface area contributed by atoms with Gasteiger partial charge in [-0.3, -0.25) is 4.98 Å². The van der Waals surface area contributed by atoms with Crippen LogP contribution in [0.25, 0.3) is 0 Å². The molecule has 0 radical (unpaired) electrons. The molecule has 1 rings (SSSR count). The first-order valence-corrected chi connectivity index (χ1v) is 5.27. The van der Waals surface area contributed by atoms with Crippen LogP contribution in [0.2, 0.25) is 0 Å². The molecule has 6 heteroatoms. The first-order chi connectivity index (χ1) is 8.11. The van der Waals surface area contributed by atoms with Crippen LogP contribution < -0.4 is 17.1 Å². The average molecular weight is 237 g/mol.